The summed E-state index contributed by atoms with van der Waals surface area (Å²) in [5.41, 5.74) is -0.219. The van der Waals surface area contributed by atoms with E-state index in [1.54, 1.807) is 0 Å². The molecule has 0 aromatic rings. The minimum atomic E-state index is -0.219. The fourth-order valence-corrected chi connectivity index (χ4v) is 3.45. The van der Waals surface area contributed by atoms with Gasteiger partial charge in [0, 0.05) is 18.0 Å². The Morgan fingerprint density at radius 1 is 1.33 bits per heavy atom. The van der Waals surface area contributed by atoms with Crippen molar-refractivity contribution >= 4 is 5.91 Å². The van der Waals surface area contributed by atoms with E-state index in [2.05, 4.69) is 34.6 Å². The van der Waals surface area contributed by atoms with Crippen LogP contribution in [0.25, 0.3) is 0 Å². The molecule has 2 atom stereocenters. The lowest BCUT2D eigenvalue weighted by atomic mass is 9.79. The molecule has 0 radical (unpaired) electrons. The summed E-state index contributed by atoms with van der Waals surface area (Å²) >= 11 is 0. The number of carbonyl (C=O) groups is 1. The average Bonchev–Trinajstić information content (AvgIpc) is 2.41. The van der Waals surface area contributed by atoms with E-state index in [9.17, 15) is 4.79 Å². The van der Waals surface area contributed by atoms with Crippen LogP contribution in [0.1, 0.15) is 53.9 Å². The molecule has 1 heterocycles. The molecule has 0 saturated carbocycles. The number of amides is 1. The first-order valence-electron chi connectivity index (χ1n) is 7.22. The van der Waals surface area contributed by atoms with Gasteiger partial charge in [-0.25, -0.2) is 0 Å². The van der Waals surface area contributed by atoms with Crippen molar-refractivity contribution in [2.75, 3.05) is 13.2 Å². The maximum atomic E-state index is 12.6. The number of nitrogens with zero attached hydrogens (tertiary/aromatic N) is 1. The van der Waals surface area contributed by atoms with Crippen LogP contribution < -0.4 is 0 Å². The molecule has 1 rings (SSSR count). The zero-order valence-electron chi connectivity index (χ0n) is 12.6. The van der Waals surface area contributed by atoms with Gasteiger partial charge in [-0.1, -0.05) is 34.6 Å². The Morgan fingerprint density at radius 3 is 2.39 bits per heavy atom. The molecule has 18 heavy (non-hydrogen) atoms. The lowest BCUT2D eigenvalue weighted by Gasteiger charge is -2.26. The number of β-amino-alcohol motifs (C(OH)–C–C–N with tert-alkyl or cyclic N) is 1. The second-order valence-corrected chi connectivity index (χ2v) is 6.87. The first-order chi connectivity index (χ1) is 8.30. The summed E-state index contributed by atoms with van der Waals surface area (Å²) in [6, 6.07) is 0.313. The Balaban J connectivity index is 2.83. The highest BCUT2D eigenvalue weighted by molar-refractivity contribution is 5.85. The summed E-state index contributed by atoms with van der Waals surface area (Å²) in [5.74, 6) is 1.37. The molecular formula is C15H29NO2. The van der Waals surface area contributed by atoms with Gasteiger partial charge in [-0.15, -0.1) is 0 Å². The monoisotopic (exact) mass is 255 g/mol. The number of likely N-dealkylation sites (tertiary alicyclic amines) is 1. The summed E-state index contributed by atoms with van der Waals surface area (Å²) in [7, 11) is 0. The van der Waals surface area contributed by atoms with Gasteiger partial charge in [0.15, 0.2) is 0 Å². The minimum Gasteiger partial charge on any atom is -0.395 e. The quantitative estimate of drug-likeness (QED) is 0.792. The topological polar surface area (TPSA) is 40.5 Å². The van der Waals surface area contributed by atoms with Crippen molar-refractivity contribution in [3.8, 4) is 0 Å². The lowest BCUT2D eigenvalue weighted by molar-refractivity contribution is -0.137. The summed E-state index contributed by atoms with van der Waals surface area (Å²) in [5, 5.41) is 9.15. The summed E-state index contributed by atoms with van der Waals surface area (Å²) in [6.45, 7) is 11.4. The van der Waals surface area contributed by atoms with Crippen LogP contribution in [0.5, 0.6) is 0 Å². The molecular weight excluding hydrogens is 226 g/mol. The van der Waals surface area contributed by atoms with E-state index in [0.717, 1.165) is 19.3 Å². The van der Waals surface area contributed by atoms with E-state index in [0.29, 0.717) is 24.4 Å². The highest BCUT2D eigenvalue weighted by atomic mass is 16.3. The van der Waals surface area contributed by atoms with Crippen molar-refractivity contribution in [1.82, 2.24) is 4.90 Å². The summed E-state index contributed by atoms with van der Waals surface area (Å²) in [4.78, 5) is 14.5. The number of aliphatic hydroxyl groups excluding tert-OH is 1. The normalized spacial score (nSPS) is 28.8. The molecule has 0 aromatic heterocycles. The number of hydrogen-bond donors (Lipinski definition) is 1. The molecule has 106 valence electrons. The van der Waals surface area contributed by atoms with E-state index in [4.69, 9.17) is 5.11 Å². The van der Waals surface area contributed by atoms with Gasteiger partial charge in [-0.05, 0) is 31.1 Å². The number of carbonyl (C=O) groups excluding carboxylic acids is 1. The van der Waals surface area contributed by atoms with Crippen LogP contribution in [0, 0.1) is 17.3 Å². The molecule has 1 aliphatic rings. The number of rotatable bonds is 6. The smallest absolute Gasteiger partial charge is 0.228 e. The Bertz CT molecular complexity index is 288. The Hall–Kier alpha value is -0.570. The molecule has 3 heteroatoms. The van der Waals surface area contributed by atoms with Crippen LogP contribution >= 0.6 is 0 Å². The van der Waals surface area contributed by atoms with Crippen molar-refractivity contribution < 1.29 is 9.90 Å². The van der Waals surface area contributed by atoms with Crippen LogP contribution in [0.3, 0.4) is 0 Å². The first kappa shape index (κ1) is 15.5. The van der Waals surface area contributed by atoms with Gasteiger partial charge in [0.1, 0.15) is 0 Å². The van der Waals surface area contributed by atoms with E-state index in [-0.39, 0.29) is 17.9 Å². The van der Waals surface area contributed by atoms with Crippen LogP contribution in [0.4, 0.5) is 0 Å². The highest BCUT2D eigenvalue weighted by Crippen LogP contribution is 2.42. The molecule has 2 unspecified atom stereocenters. The van der Waals surface area contributed by atoms with Gasteiger partial charge >= 0.3 is 0 Å². The van der Waals surface area contributed by atoms with Gasteiger partial charge in [0.25, 0.3) is 0 Å². The fourth-order valence-electron chi connectivity index (χ4n) is 3.45. The van der Waals surface area contributed by atoms with Gasteiger partial charge in [-0.2, -0.15) is 0 Å². The standard InChI is InChI=1S/C15H29NO2/c1-11(2)8-13-10-15(5,9-12(3)4)14(18)16(13)6-7-17/h11-13,17H,6-10H2,1-5H3. The molecule has 1 fully saturated rings. The maximum Gasteiger partial charge on any atom is 0.228 e. The summed E-state index contributed by atoms with van der Waals surface area (Å²) < 4.78 is 0. The second kappa shape index (κ2) is 6.05. The van der Waals surface area contributed by atoms with Gasteiger partial charge in [-0.3, -0.25) is 4.79 Å². The van der Waals surface area contributed by atoms with Crippen molar-refractivity contribution in [2.24, 2.45) is 17.3 Å². The average molecular weight is 255 g/mol. The molecule has 0 bridgehead atoms. The van der Waals surface area contributed by atoms with Crippen LogP contribution in [0.2, 0.25) is 0 Å². The molecule has 0 spiro atoms. The first-order valence-corrected chi connectivity index (χ1v) is 7.22. The van der Waals surface area contributed by atoms with Gasteiger partial charge in [0.2, 0.25) is 5.91 Å². The van der Waals surface area contributed by atoms with Crippen LogP contribution in [-0.2, 0) is 4.79 Å². The Labute approximate surface area is 112 Å². The molecule has 0 aromatic carbocycles. The van der Waals surface area contributed by atoms with Crippen molar-refractivity contribution in [1.29, 1.82) is 0 Å². The van der Waals surface area contributed by atoms with Gasteiger partial charge < -0.3 is 10.0 Å². The van der Waals surface area contributed by atoms with Gasteiger partial charge in [0.05, 0.1) is 6.61 Å². The molecule has 1 amide bonds. The van der Waals surface area contributed by atoms with Crippen LogP contribution in [-0.4, -0.2) is 35.1 Å². The predicted molar refractivity (Wildman–Crippen MR) is 74.2 cm³/mol. The number of aliphatic hydroxyl groups is 1. The highest BCUT2D eigenvalue weighted by Gasteiger charge is 2.47. The molecule has 1 saturated heterocycles. The summed E-state index contributed by atoms with van der Waals surface area (Å²) in [6.07, 6.45) is 2.93. The van der Waals surface area contributed by atoms with Crippen molar-refractivity contribution in [2.45, 2.75) is 59.9 Å². The lowest BCUT2D eigenvalue weighted by Crippen LogP contribution is -2.38. The number of hydrogen-bond acceptors (Lipinski definition) is 2. The Kier molecular flexibility index (Phi) is 5.20. The van der Waals surface area contributed by atoms with E-state index < -0.39 is 0 Å². The molecule has 3 nitrogen and oxygen atoms in total. The van der Waals surface area contributed by atoms with Crippen LogP contribution in [0.15, 0.2) is 0 Å². The van der Waals surface area contributed by atoms with E-state index in [1.165, 1.54) is 0 Å². The maximum absolute atomic E-state index is 12.6. The van der Waals surface area contributed by atoms with E-state index >= 15 is 0 Å². The van der Waals surface area contributed by atoms with Crippen molar-refractivity contribution in [3.63, 3.8) is 0 Å². The zero-order valence-corrected chi connectivity index (χ0v) is 12.6. The Morgan fingerprint density at radius 2 is 1.94 bits per heavy atom. The largest absolute Gasteiger partial charge is 0.395 e. The third kappa shape index (κ3) is 3.47. The second-order valence-electron chi connectivity index (χ2n) is 6.87. The van der Waals surface area contributed by atoms with E-state index in [1.807, 2.05) is 4.90 Å². The third-order valence-corrected chi connectivity index (χ3v) is 3.85. The fraction of sp³-hybridized carbons (Fsp3) is 0.933. The SMILES string of the molecule is CC(C)CC1CC(C)(CC(C)C)C(=O)N1CCO. The third-order valence-electron chi connectivity index (χ3n) is 3.85. The van der Waals surface area contributed by atoms with Crippen molar-refractivity contribution in [3.05, 3.63) is 0 Å². The molecule has 1 N–H and O–H groups in total. The molecule has 0 aliphatic carbocycles. The predicted octanol–water partition coefficient (Wildman–Crippen LogP) is 2.68. The minimum absolute atomic E-state index is 0.0676. The zero-order chi connectivity index (χ0) is 13.9. The molecule has 1 aliphatic heterocycles.